The van der Waals surface area contributed by atoms with Crippen molar-refractivity contribution in [2.75, 3.05) is 0 Å². The lowest BCUT2D eigenvalue weighted by Crippen LogP contribution is -2.20. The lowest BCUT2D eigenvalue weighted by molar-refractivity contribution is -0.122. The third-order valence-corrected chi connectivity index (χ3v) is 4.96. The summed E-state index contributed by atoms with van der Waals surface area (Å²) in [6.07, 6.45) is 8.64. The van der Waals surface area contributed by atoms with Gasteiger partial charge in [0.15, 0.2) is 0 Å². The van der Waals surface area contributed by atoms with Crippen LogP contribution in [-0.2, 0) is 4.79 Å². The molecule has 0 aliphatic heterocycles. The minimum absolute atomic E-state index is 0.1000. The summed E-state index contributed by atoms with van der Waals surface area (Å²) in [7, 11) is 0. The maximum absolute atomic E-state index is 12.1. The maximum atomic E-state index is 12.1. The largest absolute Gasteiger partial charge is 0.361 e. The smallest absolute Gasteiger partial charge is 0.243 e. The van der Waals surface area contributed by atoms with Crippen LogP contribution in [0.15, 0.2) is 35.6 Å². The third-order valence-electron chi connectivity index (χ3n) is 4.96. The number of hydrogen-bond donors (Lipinski definition) is 2. The molecule has 4 heteroatoms. The Labute approximate surface area is 123 Å². The standard InChI is InChI=1S/C17H19N3O/c21-17(16-13-6-1-2-7-14(13)16)20-19-10-11-9-18-15-8-4-3-5-12(11)15/h3-5,8-10,13-14,16,18H,1-2,6-7H2,(H,20,21)/b19-10-/t13-,14+,16?. The fourth-order valence-electron chi connectivity index (χ4n) is 3.82. The Balaban J connectivity index is 1.41. The first-order chi connectivity index (χ1) is 10.3. The van der Waals surface area contributed by atoms with Crippen LogP contribution in [0.25, 0.3) is 10.9 Å². The Morgan fingerprint density at radius 1 is 1.24 bits per heavy atom. The molecule has 21 heavy (non-hydrogen) atoms. The lowest BCUT2D eigenvalue weighted by atomic mass is 10.0. The summed E-state index contributed by atoms with van der Waals surface area (Å²) in [4.78, 5) is 15.3. The summed E-state index contributed by atoms with van der Waals surface area (Å²) in [5.74, 6) is 1.57. The maximum Gasteiger partial charge on any atom is 0.243 e. The minimum atomic E-state index is 0.1000. The second kappa shape index (κ2) is 5.02. The van der Waals surface area contributed by atoms with Crippen LogP contribution in [0.4, 0.5) is 0 Å². The number of carbonyl (C=O) groups is 1. The molecule has 0 saturated heterocycles. The first-order valence-electron chi connectivity index (χ1n) is 7.73. The summed E-state index contributed by atoms with van der Waals surface area (Å²) in [6, 6.07) is 8.07. The number of hydrogen-bond acceptors (Lipinski definition) is 2. The van der Waals surface area contributed by atoms with Crippen LogP contribution in [0.5, 0.6) is 0 Å². The van der Waals surface area contributed by atoms with Crippen LogP contribution in [-0.4, -0.2) is 17.1 Å². The van der Waals surface area contributed by atoms with E-state index in [9.17, 15) is 4.79 Å². The molecule has 4 nitrogen and oxygen atoms in total. The van der Waals surface area contributed by atoms with Crippen molar-refractivity contribution in [2.45, 2.75) is 25.7 Å². The molecular weight excluding hydrogens is 262 g/mol. The number of hydrazone groups is 1. The fraction of sp³-hybridized carbons (Fsp3) is 0.412. The Morgan fingerprint density at radius 2 is 2.00 bits per heavy atom. The van der Waals surface area contributed by atoms with Gasteiger partial charge in [-0.3, -0.25) is 4.79 Å². The van der Waals surface area contributed by atoms with E-state index in [0.29, 0.717) is 11.8 Å². The summed E-state index contributed by atoms with van der Waals surface area (Å²) < 4.78 is 0. The molecule has 4 rings (SSSR count). The molecule has 2 saturated carbocycles. The number of benzene rings is 1. The van der Waals surface area contributed by atoms with E-state index in [-0.39, 0.29) is 11.8 Å². The molecule has 1 heterocycles. The van der Waals surface area contributed by atoms with Gasteiger partial charge in [-0.1, -0.05) is 31.0 Å². The first-order valence-corrected chi connectivity index (χ1v) is 7.73. The predicted molar refractivity (Wildman–Crippen MR) is 83.0 cm³/mol. The van der Waals surface area contributed by atoms with E-state index in [0.717, 1.165) is 16.5 Å². The molecule has 0 spiro atoms. The van der Waals surface area contributed by atoms with Gasteiger partial charge in [-0.25, -0.2) is 5.43 Å². The number of para-hydroxylation sites is 1. The van der Waals surface area contributed by atoms with Gasteiger partial charge in [-0.2, -0.15) is 5.10 Å². The molecule has 1 aromatic heterocycles. The molecule has 2 N–H and O–H groups in total. The van der Waals surface area contributed by atoms with E-state index in [1.165, 1.54) is 25.7 Å². The zero-order valence-electron chi connectivity index (χ0n) is 11.9. The molecule has 2 aromatic rings. The number of rotatable bonds is 3. The van der Waals surface area contributed by atoms with Crippen molar-refractivity contribution >= 4 is 23.0 Å². The van der Waals surface area contributed by atoms with Crippen molar-refractivity contribution in [2.24, 2.45) is 22.9 Å². The van der Waals surface area contributed by atoms with E-state index in [4.69, 9.17) is 0 Å². The van der Waals surface area contributed by atoms with Gasteiger partial charge in [0.25, 0.3) is 0 Å². The van der Waals surface area contributed by atoms with Crippen LogP contribution in [0, 0.1) is 17.8 Å². The lowest BCUT2D eigenvalue weighted by Gasteiger charge is -2.04. The second-order valence-electron chi connectivity index (χ2n) is 6.16. The SMILES string of the molecule is O=C(N/N=C\c1c[nH]c2ccccc12)C1[C@H]2CCCC[C@@H]12. The Bertz CT molecular complexity index is 691. The highest BCUT2D eigenvalue weighted by Crippen LogP contribution is 2.55. The minimum Gasteiger partial charge on any atom is -0.361 e. The van der Waals surface area contributed by atoms with E-state index < -0.39 is 0 Å². The topological polar surface area (TPSA) is 57.2 Å². The number of amides is 1. The monoisotopic (exact) mass is 281 g/mol. The Morgan fingerprint density at radius 3 is 2.81 bits per heavy atom. The van der Waals surface area contributed by atoms with Gasteiger partial charge in [0.2, 0.25) is 5.91 Å². The van der Waals surface area contributed by atoms with Gasteiger partial charge in [0.05, 0.1) is 6.21 Å². The number of aromatic amines is 1. The van der Waals surface area contributed by atoms with Crippen LogP contribution < -0.4 is 5.43 Å². The summed E-state index contributed by atoms with van der Waals surface area (Å²) >= 11 is 0. The second-order valence-corrected chi connectivity index (χ2v) is 6.16. The summed E-state index contributed by atoms with van der Waals surface area (Å²) in [6.45, 7) is 0. The zero-order valence-corrected chi connectivity index (χ0v) is 11.9. The first kappa shape index (κ1) is 12.6. The van der Waals surface area contributed by atoms with Gasteiger partial charge in [0.1, 0.15) is 0 Å². The van der Waals surface area contributed by atoms with Crippen LogP contribution in [0.2, 0.25) is 0 Å². The summed E-state index contributed by atoms with van der Waals surface area (Å²) in [5, 5.41) is 5.26. The van der Waals surface area contributed by atoms with E-state index in [1.807, 2.05) is 30.5 Å². The van der Waals surface area contributed by atoms with E-state index in [2.05, 4.69) is 15.5 Å². The van der Waals surface area contributed by atoms with Gasteiger partial charge < -0.3 is 4.98 Å². The van der Waals surface area contributed by atoms with E-state index >= 15 is 0 Å². The fourth-order valence-corrected chi connectivity index (χ4v) is 3.82. The number of aromatic nitrogens is 1. The van der Waals surface area contributed by atoms with Crippen LogP contribution >= 0.6 is 0 Å². The molecular formula is C17H19N3O. The van der Waals surface area contributed by atoms with Gasteiger partial charge in [-0.15, -0.1) is 0 Å². The molecule has 108 valence electrons. The van der Waals surface area contributed by atoms with Crippen LogP contribution in [0.3, 0.4) is 0 Å². The van der Waals surface area contributed by atoms with Gasteiger partial charge >= 0.3 is 0 Å². The quantitative estimate of drug-likeness (QED) is 0.659. The number of nitrogens with zero attached hydrogens (tertiary/aromatic N) is 1. The average molecular weight is 281 g/mol. The van der Waals surface area contributed by atoms with Crippen molar-refractivity contribution in [3.8, 4) is 0 Å². The molecule has 0 bridgehead atoms. The van der Waals surface area contributed by atoms with Crippen LogP contribution in [0.1, 0.15) is 31.2 Å². The van der Waals surface area contributed by atoms with Crippen molar-refractivity contribution in [1.29, 1.82) is 0 Å². The van der Waals surface area contributed by atoms with Gasteiger partial charge in [0, 0.05) is 28.6 Å². The molecule has 2 aliphatic carbocycles. The number of fused-ring (bicyclic) bond motifs is 2. The van der Waals surface area contributed by atoms with Crippen molar-refractivity contribution < 1.29 is 4.79 Å². The van der Waals surface area contributed by atoms with Crippen molar-refractivity contribution in [3.05, 3.63) is 36.0 Å². The molecule has 1 unspecified atom stereocenters. The molecule has 2 fully saturated rings. The average Bonchev–Trinajstić information content (AvgIpc) is 3.12. The highest BCUT2D eigenvalue weighted by atomic mass is 16.2. The van der Waals surface area contributed by atoms with Gasteiger partial charge in [-0.05, 0) is 30.7 Å². The highest BCUT2D eigenvalue weighted by molar-refractivity contribution is 5.99. The van der Waals surface area contributed by atoms with Crippen molar-refractivity contribution in [1.82, 2.24) is 10.4 Å². The molecule has 3 atom stereocenters. The molecule has 1 aromatic carbocycles. The molecule has 0 radical (unpaired) electrons. The molecule has 2 aliphatic rings. The number of H-pyrrole nitrogens is 1. The Hall–Kier alpha value is -2.10. The molecule has 1 amide bonds. The normalized spacial score (nSPS) is 27.7. The highest BCUT2D eigenvalue weighted by Gasteiger charge is 2.54. The number of nitrogens with one attached hydrogen (secondary N) is 2. The predicted octanol–water partition coefficient (Wildman–Crippen LogP) is 3.05. The summed E-state index contributed by atoms with van der Waals surface area (Å²) in [5.41, 5.74) is 4.80. The third kappa shape index (κ3) is 2.24. The Kier molecular flexibility index (Phi) is 3.02. The zero-order chi connectivity index (χ0) is 14.2. The number of carbonyl (C=O) groups excluding carboxylic acids is 1. The van der Waals surface area contributed by atoms with E-state index in [1.54, 1.807) is 6.21 Å². The van der Waals surface area contributed by atoms with Crippen molar-refractivity contribution in [3.63, 3.8) is 0 Å².